The van der Waals surface area contributed by atoms with E-state index in [4.69, 9.17) is 4.74 Å². The van der Waals surface area contributed by atoms with Crippen LogP contribution in [0.5, 0.6) is 5.75 Å². The number of aliphatic imine (C=N–C) groups is 1. The lowest BCUT2D eigenvalue weighted by atomic mass is 10.1. The minimum Gasteiger partial charge on any atom is -0.492 e. The summed E-state index contributed by atoms with van der Waals surface area (Å²) in [6, 6.07) is 19.7. The Balaban J connectivity index is 1.73. The predicted molar refractivity (Wildman–Crippen MR) is 102 cm³/mol. The number of benzene rings is 2. The van der Waals surface area contributed by atoms with E-state index in [1.807, 2.05) is 67.6 Å². The van der Waals surface area contributed by atoms with E-state index in [9.17, 15) is 5.11 Å². The molecule has 0 saturated heterocycles. The quantitative estimate of drug-likeness (QED) is 0.372. The number of guanidine groups is 1. The molecule has 25 heavy (non-hydrogen) atoms. The van der Waals surface area contributed by atoms with Crippen molar-refractivity contribution in [2.45, 2.75) is 19.4 Å². The Labute approximate surface area is 149 Å². The van der Waals surface area contributed by atoms with Crippen molar-refractivity contribution >= 4 is 5.96 Å². The molecule has 2 aromatic carbocycles. The van der Waals surface area contributed by atoms with Crippen LogP contribution in [0.1, 0.15) is 12.5 Å². The number of rotatable bonds is 9. The van der Waals surface area contributed by atoms with Gasteiger partial charge in [0.15, 0.2) is 5.96 Å². The second-order valence-corrected chi connectivity index (χ2v) is 5.65. The topological polar surface area (TPSA) is 65.9 Å². The molecule has 1 atom stereocenters. The zero-order valence-corrected chi connectivity index (χ0v) is 14.7. The van der Waals surface area contributed by atoms with Gasteiger partial charge < -0.3 is 20.5 Å². The number of hydrogen-bond donors (Lipinski definition) is 3. The maximum atomic E-state index is 10.2. The van der Waals surface area contributed by atoms with Gasteiger partial charge in [0.2, 0.25) is 0 Å². The zero-order chi connectivity index (χ0) is 17.7. The van der Waals surface area contributed by atoms with Gasteiger partial charge in [-0.15, -0.1) is 0 Å². The zero-order valence-electron chi connectivity index (χ0n) is 14.7. The molecule has 2 rings (SSSR count). The molecule has 0 aliphatic carbocycles. The van der Waals surface area contributed by atoms with Gasteiger partial charge in [-0.05, 0) is 24.6 Å². The van der Waals surface area contributed by atoms with Gasteiger partial charge in [0.1, 0.15) is 12.4 Å². The number of aliphatic hydroxyl groups is 1. The van der Waals surface area contributed by atoms with Crippen LogP contribution in [-0.4, -0.2) is 43.4 Å². The summed E-state index contributed by atoms with van der Waals surface area (Å²) in [5, 5.41) is 16.5. The van der Waals surface area contributed by atoms with E-state index >= 15 is 0 Å². The maximum Gasteiger partial charge on any atom is 0.191 e. The summed E-state index contributed by atoms with van der Waals surface area (Å²) >= 11 is 0. The first-order valence-corrected chi connectivity index (χ1v) is 8.70. The van der Waals surface area contributed by atoms with Crippen LogP contribution >= 0.6 is 0 Å². The Kier molecular flexibility index (Phi) is 8.35. The Morgan fingerprint density at radius 2 is 1.72 bits per heavy atom. The summed E-state index contributed by atoms with van der Waals surface area (Å²) in [6.45, 7) is 4.30. The van der Waals surface area contributed by atoms with Crippen LogP contribution in [-0.2, 0) is 6.42 Å². The molecule has 5 heteroatoms. The highest BCUT2D eigenvalue weighted by molar-refractivity contribution is 5.79. The summed E-state index contributed by atoms with van der Waals surface area (Å²) in [5.74, 6) is 1.54. The van der Waals surface area contributed by atoms with E-state index < -0.39 is 6.10 Å². The Morgan fingerprint density at radius 3 is 2.40 bits per heavy atom. The molecule has 0 spiro atoms. The van der Waals surface area contributed by atoms with Crippen molar-refractivity contribution < 1.29 is 9.84 Å². The van der Waals surface area contributed by atoms with Crippen molar-refractivity contribution in [2.24, 2.45) is 4.99 Å². The average Bonchev–Trinajstić information content (AvgIpc) is 2.65. The van der Waals surface area contributed by atoms with E-state index in [1.54, 1.807) is 0 Å². The second kappa shape index (κ2) is 11.1. The van der Waals surface area contributed by atoms with E-state index in [-0.39, 0.29) is 0 Å². The molecule has 5 nitrogen and oxygen atoms in total. The van der Waals surface area contributed by atoms with Crippen LogP contribution in [0.3, 0.4) is 0 Å². The maximum absolute atomic E-state index is 10.2. The third-order valence-corrected chi connectivity index (χ3v) is 3.52. The molecule has 0 aromatic heterocycles. The van der Waals surface area contributed by atoms with Gasteiger partial charge in [0.05, 0.1) is 19.2 Å². The van der Waals surface area contributed by atoms with Crippen molar-refractivity contribution in [1.29, 1.82) is 0 Å². The second-order valence-electron chi connectivity index (χ2n) is 5.65. The Bertz CT molecular complexity index is 617. The predicted octanol–water partition coefficient (Wildman–Crippen LogP) is 2.22. The van der Waals surface area contributed by atoms with Gasteiger partial charge in [-0.1, -0.05) is 48.5 Å². The highest BCUT2D eigenvalue weighted by Gasteiger charge is 2.05. The Morgan fingerprint density at radius 1 is 1.04 bits per heavy atom. The third-order valence-electron chi connectivity index (χ3n) is 3.52. The lowest BCUT2D eigenvalue weighted by Crippen LogP contribution is -2.40. The van der Waals surface area contributed by atoms with Crippen LogP contribution in [0.15, 0.2) is 65.7 Å². The monoisotopic (exact) mass is 341 g/mol. The van der Waals surface area contributed by atoms with Crippen LogP contribution in [0.25, 0.3) is 0 Å². The van der Waals surface area contributed by atoms with Crippen molar-refractivity contribution in [1.82, 2.24) is 10.6 Å². The molecule has 0 aliphatic heterocycles. The molecule has 0 fully saturated rings. The molecule has 1 unspecified atom stereocenters. The van der Waals surface area contributed by atoms with Gasteiger partial charge in [0, 0.05) is 13.0 Å². The van der Waals surface area contributed by atoms with Crippen molar-refractivity contribution in [3.63, 3.8) is 0 Å². The molecular formula is C20H27N3O2. The fourth-order valence-electron chi connectivity index (χ4n) is 2.34. The number of para-hydroxylation sites is 1. The van der Waals surface area contributed by atoms with E-state index in [2.05, 4.69) is 15.6 Å². The third kappa shape index (κ3) is 7.72. The molecular weight excluding hydrogens is 314 g/mol. The lowest BCUT2D eigenvalue weighted by Gasteiger charge is -2.13. The molecule has 134 valence electrons. The van der Waals surface area contributed by atoms with Gasteiger partial charge >= 0.3 is 0 Å². The number of aliphatic hydroxyl groups excluding tert-OH is 1. The summed E-state index contributed by atoms with van der Waals surface area (Å²) in [6.07, 6.45) is 0.0966. The smallest absolute Gasteiger partial charge is 0.191 e. The number of nitrogens with one attached hydrogen (secondary N) is 2. The first kappa shape index (κ1) is 18.8. The minimum atomic E-state index is -0.501. The van der Waals surface area contributed by atoms with Crippen molar-refractivity contribution in [3.05, 3.63) is 66.2 Å². The van der Waals surface area contributed by atoms with E-state index in [0.717, 1.165) is 17.9 Å². The Hall–Kier alpha value is -2.53. The van der Waals surface area contributed by atoms with Gasteiger partial charge in [-0.3, -0.25) is 4.99 Å². The molecule has 0 bridgehead atoms. The highest BCUT2D eigenvalue weighted by atomic mass is 16.5. The first-order valence-electron chi connectivity index (χ1n) is 8.70. The fraction of sp³-hybridized carbons (Fsp3) is 0.350. The molecule has 0 radical (unpaired) electrons. The standard InChI is InChI=1S/C20H27N3O2/c1-2-21-20(22-13-14-25-19-11-7-4-8-12-19)23-16-18(24)15-17-9-5-3-6-10-17/h3-12,18,24H,2,13-16H2,1H3,(H2,21,22,23). The van der Waals surface area contributed by atoms with Crippen LogP contribution in [0.4, 0.5) is 0 Å². The molecule has 2 aromatic rings. The normalized spacial score (nSPS) is 12.5. The van der Waals surface area contributed by atoms with Crippen molar-refractivity contribution in [3.8, 4) is 5.75 Å². The molecule has 3 N–H and O–H groups in total. The molecule has 0 saturated carbocycles. The SMILES string of the molecule is CCNC(=NCC(O)Cc1ccccc1)NCCOc1ccccc1. The summed E-state index contributed by atoms with van der Waals surface area (Å²) in [4.78, 5) is 4.44. The largest absolute Gasteiger partial charge is 0.492 e. The number of hydrogen-bond acceptors (Lipinski definition) is 3. The van der Waals surface area contributed by atoms with Crippen LogP contribution < -0.4 is 15.4 Å². The van der Waals surface area contributed by atoms with Crippen molar-refractivity contribution in [2.75, 3.05) is 26.2 Å². The molecule has 0 heterocycles. The van der Waals surface area contributed by atoms with Gasteiger partial charge in [0.25, 0.3) is 0 Å². The van der Waals surface area contributed by atoms with E-state index in [0.29, 0.717) is 32.1 Å². The molecule has 0 amide bonds. The molecule has 0 aliphatic rings. The first-order chi connectivity index (χ1) is 12.3. The number of ether oxygens (including phenoxy) is 1. The average molecular weight is 341 g/mol. The summed E-state index contributed by atoms with van der Waals surface area (Å²) < 4.78 is 5.64. The van der Waals surface area contributed by atoms with E-state index in [1.165, 1.54) is 0 Å². The van der Waals surface area contributed by atoms with Crippen LogP contribution in [0.2, 0.25) is 0 Å². The van der Waals surface area contributed by atoms with Gasteiger partial charge in [-0.25, -0.2) is 0 Å². The minimum absolute atomic E-state index is 0.351. The highest BCUT2D eigenvalue weighted by Crippen LogP contribution is 2.07. The fourth-order valence-corrected chi connectivity index (χ4v) is 2.34. The number of nitrogens with zero attached hydrogens (tertiary/aromatic N) is 1. The van der Waals surface area contributed by atoms with Crippen LogP contribution in [0, 0.1) is 0 Å². The summed E-state index contributed by atoms with van der Waals surface area (Å²) in [7, 11) is 0. The summed E-state index contributed by atoms with van der Waals surface area (Å²) in [5.41, 5.74) is 1.11. The lowest BCUT2D eigenvalue weighted by molar-refractivity contribution is 0.183. The van der Waals surface area contributed by atoms with Gasteiger partial charge in [-0.2, -0.15) is 0 Å².